The number of amidine groups is 1. The minimum Gasteiger partial charge on any atom is -0.256 e. The molecule has 1 N–H and O–H groups in total. The lowest BCUT2D eigenvalue weighted by atomic mass is 10.2. The lowest BCUT2D eigenvalue weighted by Gasteiger charge is -2.01. The molecule has 1 aromatic carbocycles. The number of hydrazone groups is 1. The normalized spacial score (nSPS) is 28.3. The highest BCUT2D eigenvalue weighted by Gasteiger charge is 2.42. The van der Waals surface area contributed by atoms with Gasteiger partial charge in [0.05, 0.1) is 23.8 Å². The number of sulfone groups is 1. The van der Waals surface area contributed by atoms with Crippen molar-refractivity contribution in [3.05, 3.63) is 35.9 Å². The monoisotopic (exact) mass is 295 g/mol. The summed E-state index contributed by atoms with van der Waals surface area (Å²) in [6.45, 7) is 0. The van der Waals surface area contributed by atoms with Crippen molar-refractivity contribution >= 4 is 33.0 Å². The second kappa shape index (κ2) is 4.97. The van der Waals surface area contributed by atoms with Crippen LogP contribution in [0.15, 0.2) is 40.4 Å². The fourth-order valence-corrected chi connectivity index (χ4v) is 5.72. The lowest BCUT2D eigenvalue weighted by Crippen LogP contribution is -2.15. The summed E-state index contributed by atoms with van der Waals surface area (Å²) in [5.41, 5.74) is 3.87. The molecule has 0 aromatic heterocycles. The summed E-state index contributed by atoms with van der Waals surface area (Å²) in [4.78, 5) is 4.35. The summed E-state index contributed by atoms with van der Waals surface area (Å²) in [7, 11) is -2.89. The van der Waals surface area contributed by atoms with Crippen LogP contribution in [-0.4, -0.2) is 42.6 Å². The Kier molecular flexibility index (Phi) is 3.32. The maximum absolute atomic E-state index is 11.4. The molecule has 100 valence electrons. The van der Waals surface area contributed by atoms with Crippen molar-refractivity contribution in [2.75, 3.05) is 11.5 Å². The molecule has 1 saturated heterocycles. The first kappa shape index (κ1) is 12.7. The molecule has 2 heterocycles. The predicted octanol–water partition coefficient (Wildman–Crippen LogP) is 0.878. The van der Waals surface area contributed by atoms with E-state index < -0.39 is 9.84 Å². The molecule has 7 heteroatoms. The van der Waals surface area contributed by atoms with E-state index in [0.717, 1.165) is 5.56 Å². The Balaban J connectivity index is 1.60. The molecule has 1 fully saturated rings. The molecule has 0 amide bonds. The molecule has 0 aliphatic carbocycles. The highest BCUT2D eigenvalue weighted by atomic mass is 32.2. The van der Waals surface area contributed by atoms with E-state index >= 15 is 0 Å². The van der Waals surface area contributed by atoms with Crippen LogP contribution in [0.25, 0.3) is 0 Å². The maximum Gasteiger partial charge on any atom is 0.177 e. The lowest BCUT2D eigenvalue weighted by molar-refractivity contribution is 0.601. The summed E-state index contributed by atoms with van der Waals surface area (Å²) >= 11 is 1.46. The van der Waals surface area contributed by atoms with Crippen LogP contribution in [-0.2, 0) is 9.84 Å². The van der Waals surface area contributed by atoms with Crippen LogP contribution in [0.2, 0.25) is 0 Å². The molecular formula is C12H13N3O2S2. The molecule has 2 aliphatic rings. The van der Waals surface area contributed by atoms with Gasteiger partial charge in [0.1, 0.15) is 0 Å². The van der Waals surface area contributed by atoms with E-state index in [-0.39, 0.29) is 22.8 Å². The third kappa shape index (κ3) is 2.98. The highest BCUT2D eigenvalue weighted by Crippen LogP contribution is 2.33. The first-order chi connectivity index (χ1) is 9.12. The van der Waals surface area contributed by atoms with Crippen LogP contribution in [0.5, 0.6) is 0 Å². The van der Waals surface area contributed by atoms with Gasteiger partial charge in [0.15, 0.2) is 15.0 Å². The number of benzene rings is 1. The average Bonchev–Trinajstić information content (AvgIpc) is 2.83. The third-order valence-corrected chi connectivity index (χ3v) is 6.12. The molecular weight excluding hydrogens is 282 g/mol. The molecule has 19 heavy (non-hydrogen) atoms. The van der Waals surface area contributed by atoms with Gasteiger partial charge in [-0.15, -0.1) is 0 Å². The average molecular weight is 295 g/mol. The summed E-state index contributed by atoms with van der Waals surface area (Å²) in [5.74, 6) is 0.387. The molecule has 0 saturated carbocycles. The number of thioether (sulfide) groups is 1. The zero-order valence-corrected chi connectivity index (χ0v) is 11.7. The van der Waals surface area contributed by atoms with E-state index in [9.17, 15) is 8.42 Å². The van der Waals surface area contributed by atoms with Gasteiger partial charge in [-0.2, -0.15) is 5.10 Å². The maximum atomic E-state index is 11.4. The summed E-state index contributed by atoms with van der Waals surface area (Å²) < 4.78 is 22.8. The van der Waals surface area contributed by atoms with Gasteiger partial charge in [-0.25, -0.2) is 8.42 Å². The van der Waals surface area contributed by atoms with Crippen molar-refractivity contribution in [2.24, 2.45) is 10.1 Å². The molecule has 0 spiro atoms. The van der Waals surface area contributed by atoms with Gasteiger partial charge in [-0.3, -0.25) is 10.4 Å². The Labute approximate surface area is 116 Å². The van der Waals surface area contributed by atoms with Gasteiger partial charge >= 0.3 is 0 Å². The Morgan fingerprint density at radius 1 is 1.32 bits per heavy atom. The van der Waals surface area contributed by atoms with Gasteiger partial charge in [0.2, 0.25) is 0 Å². The van der Waals surface area contributed by atoms with Crippen LogP contribution < -0.4 is 5.43 Å². The van der Waals surface area contributed by atoms with Crippen molar-refractivity contribution in [1.82, 2.24) is 5.43 Å². The molecule has 0 unspecified atom stereocenters. The molecule has 5 nitrogen and oxygen atoms in total. The number of nitrogens with one attached hydrogen (secondary N) is 1. The Morgan fingerprint density at radius 2 is 2.11 bits per heavy atom. The molecule has 0 bridgehead atoms. The predicted molar refractivity (Wildman–Crippen MR) is 78.4 cm³/mol. The third-order valence-electron chi connectivity index (χ3n) is 2.99. The zero-order valence-electron chi connectivity index (χ0n) is 10.1. The van der Waals surface area contributed by atoms with Crippen molar-refractivity contribution in [1.29, 1.82) is 0 Å². The van der Waals surface area contributed by atoms with Crippen molar-refractivity contribution in [3.8, 4) is 0 Å². The van der Waals surface area contributed by atoms with Crippen LogP contribution in [0.4, 0.5) is 0 Å². The number of hydrogen-bond donors (Lipinski definition) is 1. The number of nitrogens with zero attached hydrogens (tertiary/aromatic N) is 2. The number of hydrogen-bond acceptors (Lipinski definition) is 6. The summed E-state index contributed by atoms with van der Waals surface area (Å²) in [6, 6.07) is 9.64. The SMILES string of the molecule is O=S1(=O)C[C@@H]2N=C(NN=Cc3ccccc3)S[C@@H]2C1. The van der Waals surface area contributed by atoms with Gasteiger partial charge in [0, 0.05) is 5.25 Å². The molecule has 3 rings (SSSR count). The smallest absolute Gasteiger partial charge is 0.177 e. The second-order valence-electron chi connectivity index (χ2n) is 4.52. The minimum atomic E-state index is -2.89. The van der Waals surface area contributed by atoms with Gasteiger partial charge in [0.25, 0.3) is 0 Å². The van der Waals surface area contributed by atoms with Crippen molar-refractivity contribution < 1.29 is 8.42 Å². The van der Waals surface area contributed by atoms with Crippen molar-refractivity contribution in [2.45, 2.75) is 11.3 Å². The number of fused-ring (bicyclic) bond motifs is 1. The topological polar surface area (TPSA) is 70.9 Å². The molecule has 2 aliphatic heterocycles. The Hall–Kier alpha value is -1.34. The van der Waals surface area contributed by atoms with E-state index in [2.05, 4.69) is 15.5 Å². The summed E-state index contributed by atoms with van der Waals surface area (Å²) in [6.07, 6.45) is 1.72. The first-order valence-corrected chi connectivity index (χ1v) is 8.61. The van der Waals surface area contributed by atoms with Crippen molar-refractivity contribution in [3.63, 3.8) is 0 Å². The standard InChI is InChI=1S/C12H13N3O2S2/c16-19(17)7-10-11(8-19)18-12(14-10)15-13-6-9-4-2-1-3-5-9/h1-6,10-11H,7-8H2,(H,14,15)/t10-,11+/m0/s1. The largest absolute Gasteiger partial charge is 0.256 e. The fourth-order valence-electron chi connectivity index (χ4n) is 2.11. The van der Waals surface area contributed by atoms with Crippen LogP contribution in [0.1, 0.15) is 5.56 Å². The van der Waals surface area contributed by atoms with E-state index in [1.807, 2.05) is 30.3 Å². The number of aliphatic imine (C=N–C) groups is 1. The number of rotatable bonds is 2. The van der Waals surface area contributed by atoms with E-state index in [4.69, 9.17) is 0 Å². The molecule has 2 atom stereocenters. The quantitative estimate of drug-likeness (QED) is 0.649. The fraction of sp³-hybridized carbons (Fsp3) is 0.333. The Morgan fingerprint density at radius 3 is 2.84 bits per heavy atom. The second-order valence-corrected chi connectivity index (χ2v) is 7.90. The van der Waals surface area contributed by atoms with Crippen LogP contribution >= 0.6 is 11.8 Å². The first-order valence-electron chi connectivity index (χ1n) is 5.91. The van der Waals surface area contributed by atoms with Gasteiger partial charge < -0.3 is 0 Å². The summed E-state index contributed by atoms with van der Waals surface area (Å²) in [5, 5.41) is 4.87. The Bertz CT molecular complexity index is 626. The zero-order chi connectivity index (χ0) is 13.3. The molecule has 1 aromatic rings. The van der Waals surface area contributed by atoms with Gasteiger partial charge in [-0.05, 0) is 5.56 Å². The van der Waals surface area contributed by atoms with E-state index in [1.165, 1.54) is 11.8 Å². The van der Waals surface area contributed by atoms with E-state index in [1.54, 1.807) is 6.21 Å². The van der Waals surface area contributed by atoms with E-state index in [0.29, 0.717) is 5.17 Å². The highest BCUT2D eigenvalue weighted by molar-refractivity contribution is 8.15. The molecule has 0 radical (unpaired) electrons. The van der Waals surface area contributed by atoms with Crippen LogP contribution in [0, 0.1) is 0 Å². The minimum absolute atomic E-state index is 0.0550. The van der Waals surface area contributed by atoms with Gasteiger partial charge in [-0.1, -0.05) is 42.1 Å². The van der Waals surface area contributed by atoms with Crippen LogP contribution in [0.3, 0.4) is 0 Å².